The van der Waals surface area contributed by atoms with E-state index in [0.29, 0.717) is 11.3 Å². The van der Waals surface area contributed by atoms with Crippen LogP contribution < -0.4 is 5.73 Å². The van der Waals surface area contributed by atoms with E-state index in [9.17, 15) is 4.79 Å². The highest BCUT2D eigenvalue weighted by Gasteiger charge is 2.06. The molecule has 3 heteroatoms. The van der Waals surface area contributed by atoms with Crippen molar-refractivity contribution in [3.05, 3.63) is 28.6 Å². The Bertz CT molecular complexity index is 473. The first-order valence-electron chi connectivity index (χ1n) is 3.95. The van der Waals surface area contributed by atoms with Gasteiger partial charge in [0.2, 0.25) is 0 Å². The van der Waals surface area contributed by atoms with Crippen LogP contribution in [0.3, 0.4) is 0 Å². The summed E-state index contributed by atoms with van der Waals surface area (Å²) in [5, 5.41) is 2.73. The number of aryl methyl sites for hydroxylation is 1. The average molecular weight is 191 g/mol. The summed E-state index contributed by atoms with van der Waals surface area (Å²) in [7, 11) is 0. The van der Waals surface area contributed by atoms with E-state index in [1.165, 1.54) is 0 Å². The van der Waals surface area contributed by atoms with Gasteiger partial charge in [-0.2, -0.15) is 0 Å². The van der Waals surface area contributed by atoms with Gasteiger partial charge in [0.25, 0.3) is 0 Å². The molecule has 0 atom stereocenters. The average Bonchev–Trinajstić information content (AvgIpc) is 2.47. The number of anilines is 1. The normalized spacial score (nSPS) is 10.5. The molecule has 0 spiro atoms. The molecule has 2 nitrogen and oxygen atoms in total. The van der Waals surface area contributed by atoms with Gasteiger partial charge in [0.15, 0.2) is 6.29 Å². The van der Waals surface area contributed by atoms with E-state index in [1.807, 2.05) is 24.4 Å². The molecule has 0 amide bonds. The topological polar surface area (TPSA) is 43.1 Å². The van der Waals surface area contributed by atoms with Crippen molar-refractivity contribution in [2.45, 2.75) is 6.92 Å². The lowest BCUT2D eigenvalue weighted by atomic mass is 10.1. The molecule has 13 heavy (non-hydrogen) atoms. The fourth-order valence-corrected chi connectivity index (χ4v) is 2.49. The van der Waals surface area contributed by atoms with Gasteiger partial charge in [-0.3, -0.25) is 4.79 Å². The Hall–Kier alpha value is -1.35. The molecule has 2 aromatic rings. The van der Waals surface area contributed by atoms with E-state index in [0.717, 1.165) is 21.9 Å². The van der Waals surface area contributed by atoms with Gasteiger partial charge in [-0.25, -0.2) is 0 Å². The number of carbonyl (C=O) groups excluding carboxylic acids is 1. The number of hydrogen-bond acceptors (Lipinski definition) is 3. The fourth-order valence-electron chi connectivity index (χ4n) is 1.45. The maximum Gasteiger partial charge on any atom is 0.151 e. The SMILES string of the molecule is Cc1cc(N)c2c(C=O)csc2c1. The first-order chi connectivity index (χ1) is 6.22. The molecule has 0 bridgehead atoms. The third kappa shape index (κ3) is 1.21. The van der Waals surface area contributed by atoms with Gasteiger partial charge in [0.05, 0.1) is 0 Å². The summed E-state index contributed by atoms with van der Waals surface area (Å²) in [6.45, 7) is 2.00. The first-order valence-corrected chi connectivity index (χ1v) is 4.83. The van der Waals surface area contributed by atoms with E-state index in [-0.39, 0.29) is 0 Å². The summed E-state index contributed by atoms with van der Waals surface area (Å²) in [5.74, 6) is 0. The van der Waals surface area contributed by atoms with Crippen molar-refractivity contribution < 1.29 is 4.79 Å². The Labute approximate surface area is 80.0 Å². The number of aldehydes is 1. The third-order valence-corrected chi connectivity index (χ3v) is 2.95. The van der Waals surface area contributed by atoms with Crippen LogP contribution in [0.2, 0.25) is 0 Å². The summed E-state index contributed by atoms with van der Waals surface area (Å²) < 4.78 is 1.08. The number of nitrogen functional groups attached to an aromatic ring is 1. The Morgan fingerprint density at radius 1 is 1.46 bits per heavy atom. The molecular weight excluding hydrogens is 182 g/mol. The van der Waals surface area contributed by atoms with Crippen LogP contribution in [-0.2, 0) is 0 Å². The van der Waals surface area contributed by atoms with E-state index in [1.54, 1.807) is 11.3 Å². The number of benzene rings is 1. The van der Waals surface area contributed by atoms with Gasteiger partial charge in [-0.15, -0.1) is 11.3 Å². The van der Waals surface area contributed by atoms with Gasteiger partial charge in [-0.1, -0.05) is 0 Å². The highest BCUT2D eigenvalue weighted by Crippen LogP contribution is 2.30. The standard InChI is InChI=1S/C10H9NOS/c1-6-2-8(11)10-7(4-12)5-13-9(10)3-6/h2-5H,11H2,1H3. The number of hydrogen-bond donors (Lipinski definition) is 1. The van der Waals surface area contributed by atoms with Crippen LogP contribution in [-0.4, -0.2) is 6.29 Å². The number of fused-ring (bicyclic) bond motifs is 1. The molecule has 0 saturated carbocycles. The van der Waals surface area contributed by atoms with Crippen molar-refractivity contribution in [2.75, 3.05) is 5.73 Å². The van der Waals surface area contributed by atoms with Crippen LogP contribution in [0.1, 0.15) is 15.9 Å². The Balaban J connectivity index is 2.89. The highest BCUT2D eigenvalue weighted by molar-refractivity contribution is 7.17. The lowest BCUT2D eigenvalue weighted by Crippen LogP contribution is -1.88. The number of carbonyl (C=O) groups is 1. The summed E-state index contributed by atoms with van der Waals surface area (Å²) >= 11 is 1.56. The largest absolute Gasteiger partial charge is 0.398 e. The summed E-state index contributed by atoms with van der Waals surface area (Å²) in [6, 6.07) is 3.94. The monoisotopic (exact) mass is 191 g/mol. The van der Waals surface area contributed by atoms with Crippen molar-refractivity contribution in [3.63, 3.8) is 0 Å². The quantitative estimate of drug-likeness (QED) is 0.556. The molecule has 0 radical (unpaired) electrons. The summed E-state index contributed by atoms with van der Waals surface area (Å²) in [5.41, 5.74) is 8.34. The zero-order valence-corrected chi connectivity index (χ0v) is 8.02. The Kier molecular flexibility index (Phi) is 1.81. The van der Waals surface area contributed by atoms with Gasteiger partial charge >= 0.3 is 0 Å². The van der Waals surface area contributed by atoms with Crippen molar-refractivity contribution >= 4 is 33.4 Å². The van der Waals surface area contributed by atoms with Crippen LogP contribution in [0.25, 0.3) is 10.1 Å². The first kappa shape index (κ1) is 8.26. The molecule has 0 saturated heterocycles. The summed E-state index contributed by atoms with van der Waals surface area (Å²) in [4.78, 5) is 10.7. The highest BCUT2D eigenvalue weighted by atomic mass is 32.1. The van der Waals surface area contributed by atoms with Gasteiger partial charge in [0.1, 0.15) is 0 Å². The molecule has 0 aliphatic carbocycles. The van der Waals surface area contributed by atoms with Crippen molar-refractivity contribution in [3.8, 4) is 0 Å². The molecule has 1 aromatic heterocycles. The van der Waals surface area contributed by atoms with Gasteiger partial charge < -0.3 is 5.73 Å². The smallest absolute Gasteiger partial charge is 0.151 e. The van der Waals surface area contributed by atoms with Crippen molar-refractivity contribution in [1.29, 1.82) is 0 Å². The van der Waals surface area contributed by atoms with E-state index < -0.39 is 0 Å². The Morgan fingerprint density at radius 2 is 2.23 bits per heavy atom. The second kappa shape index (κ2) is 2.85. The van der Waals surface area contributed by atoms with Crippen molar-refractivity contribution in [1.82, 2.24) is 0 Å². The maximum absolute atomic E-state index is 10.7. The van der Waals surface area contributed by atoms with Crippen molar-refractivity contribution in [2.24, 2.45) is 0 Å². The minimum atomic E-state index is 0.692. The predicted molar refractivity (Wildman–Crippen MR) is 56.4 cm³/mol. The molecule has 0 aliphatic heterocycles. The number of nitrogens with two attached hydrogens (primary N) is 1. The van der Waals surface area contributed by atoms with Gasteiger partial charge in [-0.05, 0) is 24.6 Å². The predicted octanol–water partition coefficient (Wildman–Crippen LogP) is 2.60. The molecular formula is C10H9NOS. The van der Waals surface area contributed by atoms with Crippen LogP contribution in [0.5, 0.6) is 0 Å². The van der Waals surface area contributed by atoms with Crippen LogP contribution >= 0.6 is 11.3 Å². The zero-order chi connectivity index (χ0) is 9.42. The molecule has 0 unspecified atom stereocenters. The lowest BCUT2D eigenvalue weighted by molar-refractivity contribution is 0.112. The Morgan fingerprint density at radius 3 is 2.92 bits per heavy atom. The number of thiophene rings is 1. The molecule has 66 valence electrons. The van der Waals surface area contributed by atoms with Crippen LogP contribution in [0, 0.1) is 6.92 Å². The minimum absolute atomic E-state index is 0.692. The van der Waals surface area contributed by atoms with Gasteiger partial charge in [0, 0.05) is 26.7 Å². The second-order valence-electron chi connectivity index (χ2n) is 3.04. The molecule has 0 fully saturated rings. The third-order valence-electron chi connectivity index (χ3n) is 2.01. The summed E-state index contributed by atoms with van der Waals surface area (Å²) in [6.07, 6.45) is 0.852. The molecule has 0 aliphatic rings. The minimum Gasteiger partial charge on any atom is -0.398 e. The zero-order valence-electron chi connectivity index (χ0n) is 7.20. The maximum atomic E-state index is 10.7. The van der Waals surface area contributed by atoms with Crippen LogP contribution in [0.15, 0.2) is 17.5 Å². The second-order valence-corrected chi connectivity index (χ2v) is 3.95. The van der Waals surface area contributed by atoms with Crippen LogP contribution in [0.4, 0.5) is 5.69 Å². The van der Waals surface area contributed by atoms with E-state index in [2.05, 4.69) is 0 Å². The molecule has 1 aromatic carbocycles. The molecule has 1 heterocycles. The molecule has 2 N–H and O–H groups in total. The lowest BCUT2D eigenvalue weighted by Gasteiger charge is -1.99. The molecule has 2 rings (SSSR count). The number of rotatable bonds is 1. The fraction of sp³-hybridized carbons (Fsp3) is 0.100. The van der Waals surface area contributed by atoms with E-state index in [4.69, 9.17) is 5.73 Å². The van der Waals surface area contributed by atoms with E-state index >= 15 is 0 Å².